The van der Waals surface area contributed by atoms with E-state index in [1.54, 1.807) is 0 Å². The van der Waals surface area contributed by atoms with Gasteiger partial charge in [-0.1, -0.05) is 25.2 Å². The van der Waals surface area contributed by atoms with Crippen LogP contribution in [0.1, 0.15) is 48.0 Å². The maximum atomic E-state index is 11.1. The summed E-state index contributed by atoms with van der Waals surface area (Å²) in [5, 5.41) is 9.95. The van der Waals surface area contributed by atoms with Crippen molar-refractivity contribution in [3.8, 4) is 0 Å². The van der Waals surface area contributed by atoms with Crippen molar-refractivity contribution in [1.29, 1.82) is 0 Å². The van der Waals surface area contributed by atoms with Gasteiger partial charge < -0.3 is 10.0 Å². The van der Waals surface area contributed by atoms with E-state index >= 15 is 0 Å². The van der Waals surface area contributed by atoms with E-state index < -0.39 is 5.97 Å². The zero-order valence-electron chi connectivity index (χ0n) is 9.73. The molecule has 1 fully saturated rings. The van der Waals surface area contributed by atoms with Crippen LogP contribution in [0.5, 0.6) is 0 Å². The lowest BCUT2D eigenvalue weighted by Gasteiger charge is -2.13. The van der Waals surface area contributed by atoms with Crippen LogP contribution in [0.3, 0.4) is 0 Å². The van der Waals surface area contributed by atoms with Gasteiger partial charge in [0.05, 0.1) is 5.69 Å². The topological polar surface area (TPSA) is 53.4 Å². The Morgan fingerprint density at radius 3 is 2.56 bits per heavy atom. The van der Waals surface area contributed by atoms with Crippen LogP contribution in [0.4, 0.5) is 5.13 Å². The highest BCUT2D eigenvalue weighted by Gasteiger charge is 2.30. The van der Waals surface area contributed by atoms with Gasteiger partial charge >= 0.3 is 5.97 Å². The molecule has 1 heterocycles. The molecule has 16 heavy (non-hydrogen) atoms. The summed E-state index contributed by atoms with van der Waals surface area (Å²) in [6, 6.07) is 0.563. The Bertz CT molecular complexity index is 410. The van der Waals surface area contributed by atoms with E-state index in [1.807, 2.05) is 20.9 Å². The normalized spacial score (nSPS) is 15.5. The summed E-state index contributed by atoms with van der Waals surface area (Å²) >= 11 is 1.29. The summed E-state index contributed by atoms with van der Waals surface area (Å²) in [5.74, 6) is -0.708. The first kappa shape index (κ1) is 11.4. The van der Waals surface area contributed by atoms with E-state index in [9.17, 15) is 4.79 Å². The van der Waals surface area contributed by atoms with Crippen LogP contribution < -0.4 is 4.90 Å². The van der Waals surface area contributed by atoms with Crippen LogP contribution >= 0.6 is 11.3 Å². The highest BCUT2D eigenvalue weighted by molar-refractivity contribution is 7.17. The zero-order valence-corrected chi connectivity index (χ0v) is 10.5. The predicted octanol–water partition coefficient (Wildman–Crippen LogP) is 2.56. The third-order valence-electron chi connectivity index (χ3n) is 2.78. The van der Waals surface area contributed by atoms with Crippen LogP contribution in [0.2, 0.25) is 0 Å². The van der Waals surface area contributed by atoms with Gasteiger partial charge in [-0.2, -0.15) is 0 Å². The van der Waals surface area contributed by atoms with Crippen molar-refractivity contribution in [2.75, 3.05) is 11.9 Å². The average Bonchev–Trinajstić information content (AvgIpc) is 2.94. The number of rotatable bonds is 4. The van der Waals surface area contributed by atoms with E-state index in [-0.39, 0.29) is 5.92 Å². The molecule has 5 heteroatoms. The van der Waals surface area contributed by atoms with Gasteiger partial charge in [0.15, 0.2) is 5.13 Å². The molecule has 0 saturated heterocycles. The van der Waals surface area contributed by atoms with Crippen molar-refractivity contribution in [3.63, 3.8) is 0 Å². The van der Waals surface area contributed by atoms with E-state index in [4.69, 9.17) is 5.11 Å². The summed E-state index contributed by atoms with van der Waals surface area (Å²) in [4.78, 5) is 18.0. The van der Waals surface area contributed by atoms with Gasteiger partial charge in [0.25, 0.3) is 0 Å². The first-order chi connectivity index (χ1) is 7.50. The minimum Gasteiger partial charge on any atom is -0.477 e. The van der Waals surface area contributed by atoms with Crippen molar-refractivity contribution in [1.82, 2.24) is 4.98 Å². The molecule has 0 atom stereocenters. The maximum absolute atomic E-state index is 11.1. The molecule has 0 bridgehead atoms. The molecule has 0 radical (unpaired) electrons. The fourth-order valence-electron chi connectivity index (χ4n) is 1.63. The zero-order chi connectivity index (χ0) is 11.9. The van der Waals surface area contributed by atoms with Gasteiger partial charge in [0.2, 0.25) is 0 Å². The molecule has 88 valence electrons. The Morgan fingerprint density at radius 2 is 2.19 bits per heavy atom. The number of carboxylic acid groups (broad SMARTS) is 1. The number of hydrogen-bond acceptors (Lipinski definition) is 4. The Hall–Kier alpha value is -1.10. The van der Waals surface area contributed by atoms with Crippen LogP contribution in [-0.2, 0) is 0 Å². The number of aromatic nitrogens is 1. The number of carbonyl (C=O) groups is 1. The van der Waals surface area contributed by atoms with Gasteiger partial charge in [-0.15, -0.1) is 0 Å². The second kappa shape index (κ2) is 4.05. The third kappa shape index (κ3) is 2.04. The van der Waals surface area contributed by atoms with Crippen LogP contribution in [0, 0.1) is 0 Å². The molecule has 1 aromatic rings. The van der Waals surface area contributed by atoms with Crippen molar-refractivity contribution < 1.29 is 9.90 Å². The number of thiazole rings is 1. The van der Waals surface area contributed by atoms with E-state index in [2.05, 4.69) is 9.88 Å². The lowest BCUT2D eigenvalue weighted by molar-refractivity contribution is 0.0700. The highest BCUT2D eigenvalue weighted by atomic mass is 32.1. The summed E-state index contributed by atoms with van der Waals surface area (Å²) in [7, 11) is 1.99. The molecule has 4 nitrogen and oxygen atoms in total. The molecule has 1 saturated carbocycles. The molecule has 0 aromatic carbocycles. The van der Waals surface area contributed by atoms with Crippen LogP contribution in [0.15, 0.2) is 0 Å². The second-order valence-electron chi connectivity index (χ2n) is 4.51. The number of anilines is 1. The molecule has 0 amide bonds. The molecule has 0 unspecified atom stereocenters. The van der Waals surface area contributed by atoms with Gasteiger partial charge in [-0.3, -0.25) is 0 Å². The number of aromatic carboxylic acids is 1. The summed E-state index contributed by atoms with van der Waals surface area (Å²) in [6.45, 7) is 3.95. The quantitative estimate of drug-likeness (QED) is 0.878. The minimum atomic E-state index is -0.864. The first-order valence-corrected chi connectivity index (χ1v) is 6.29. The summed E-state index contributed by atoms with van der Waals surface area (Å²) in [5.41, 5.74) is 0.708. The van der Waals surface area contributed by atoms with Crippen molar-refractivity contribution >= 4 is 22.4 Å². The molecule has 2 rings (SSSR count). The standard InChI is InChI=1S/C11H16N2O2S/c1-6(2)8-9(10(14)15)16-11(12-8)13(3)7-4-5-7/h6-7H,4-5H2,1-3H3,(H,14,15). The number of hydrogen-bond donors (Lipinski definition) is 1. The van der Waals surface area contributed by atoms with Gasteiger partial charge in [0.1, 0.15) is 4.88 Å². The summed E-state index contributed by atoms with van der Waals surface area (Å²) in [6.07, 6.45) is 2.38. The monoisotopic (exact) mass is 240 g/mol. The van der Waals surface area contributed by atoms with Gasteiger partial charge in [-0.25, -0.2) is 9.78 Å². The third-order valence-corrected chi connectivity index (χ3v) is 3.93. The second-order valence-corrected chi connectivity index (χ2v) is 5.49. The molecule has 1 aromatic heterocycles. The molecule has 0 aliphatic heterocycles. The van der Waals surface area contributed by atoms with E-state index in [1.165, 1.54) is 24.2 Å². The van der Waals surface area contributed by atoms with Crippen LogP contribution in [-0.4, -0.2) is 29.1 Å². The van der Waals surface area contributed by atoms with Crippen LogP contribution in [0.25, 0.3) is 0 Å². The Balaban J connectivity index is 2.33. The van der Waals surface area contributed by atoms with E-state index in [0.717, 1.165) is 5.13 Å². The fourth-order valence-corrected chi connectivity index (χ4v) is 2.73. The van der Waals surface area contributed by atoms with Gasteiger partial charge in [0, 0.05) is 13.1 Å². The molecular formula is C11H16N2O2S. The summed E-state index contributed by atoms with van der Waals surface area (Å²) < 4.78 is 0. The average molecular weight is 240 g/mol. The lowest BCUT2D eigenvalue weighted by Crippen LogP contribution is -2.19. The van der Waals surface area contributed by atoms with E-state index in [0.29, 0.717) is 16.6 Å². The SMILES string of the molecule is CC(C)c1nc(N(C)C2CC2)sc1C(=O)O. The molecule has 1 N–H and O–H groups in total. The first-order valence-electron chi connectivity index (χ1n) is 5.47. The molecule has 1 aliphatic rings. The van der Waals surface area contributed by atoms with Crippen molar-refractivity contribution in [2.45, 2.75) is 38.6 Å². The Kier molecular flexibility index (Phi) is 2.88. The molecule has 0 spiro atoms. The van der Waals surface area contributed by atoms with Crippen molar-refractivity contribution in [2.24, 2.45) is 0 Å². The molecule has 1 aliphatic carbocycles. The smallest absolute Gasteiger partial charge is 0.347 e. The Labute approximate surface area is 98.9 Å². The minimum absolute atomic E-state index is 0.156. The largest absolute Gasteiger partial charge is 0.477 e. The Morgan fingerprint density at radius 1 is 1.56 bits per heavy atom. The predicted molar refractivity (Wildman–Crippen MR) is 64.6 cm³/mol. The highest BCUT2D eigenvalue weighted by Crippen LogP contribution is 2.35. The lowest BCUT2D eigenvalue weighted by atomic mass is 10.1. The number of nitrogens with zero attached hydrogens (tertiary/aromatic N) is 2. The number of carboxylic acids is 1. The maximum Gasteiger partial charge on any atom is 0.347 e. The van der Waals surface area contributed by atoms with Crippen molar-refractivity contribution in [3.05, 3.63) is 10.6 Å². The van der Waals surface area contributed by atoms with Gasteiger partial charge in [-0.05, 0) is 18.8 Å². The fraction of sp³-hybridized carbons (Fsp3) is 0.636. The molecular weight excluding hydrogens is 224 g/mol.